The highest BCUT2D eigenvalue weighted by atomic mass is 16.5. The van der Waals surface area contributed by atoms with Gasteiger partial charge in [0.05, 0.1) is 30.0 Å². The minimum atomic E-state index is 0.0377. The lowest BCUT2D eigenvalue weighted by atomic mass is 9.72. The molecule has 9 rings (SSSR count). The predicted molar refractivity (Wildman–Crippen MR) is 201 cm³/mol. The molecule has 268 valence electrons. The number of methoxy groups -OCH3 is 1. The summed E-state index contributed by atoms with van der Waals surface area (Å²) in [5, 5.41) is 9.83. The number of fused-ring (bicyclic) bond motifs is 2. The number of carbonyl (C=O) groups is 1. The van der Waals surface area contributed by atoms with Gasteiger partial charge in [-0.15, -0.1) is 0 Å². The van der Waals surface area contributed by atoms with E-state index in [9.17, 15) is 4.79 Å². The first-order chi connectivity index (χ1) is 24.8. The van der Waals surface area contributed by atoms with Gasteiger partial charge in [-0.2, -0.15) is 10.1 Å². The Hall–Kier alpha value is -4.22. The Bertz CT molecular complexity index is 2020. The van der Waals surface area contributed by atoms with E-state index in [0.717, 1.165) is 129 Å². The van der Waals surface area contributed by atoms with E-state index >= 15 is 0 Å². The van der Waals surface area contributed by atoms with E-state index in [1.54, 1.807) is 0 Å². The summed E-state index contributed by atoms with van der Waals surface area (Å²) in [6.45, 7) is 17.9. The van der Waals surface area contributed by atoms with Crippen LogP contribution in [0.1, 0.15) is 63.0 Å². The second-order valence-corrected chi connectivity index (χ2v) is 15.8. The van der Waals surface area contributed by atoms with E-state index in [1.807, 2.05) is 18.2 Å². The first-order valence-electron chi connectivity index (χ1n) is 18.9. The van der Waals surface area contributed by atoms with Gasteiger partial charge >= 0.3 is 0 Å². The van der Waals surface area contributed by atoms with Crippen LogP contribution in [0.5, 0.6) is 5.75 Å². The maximum Gasteiger partial charge on any atom is 0.245 e. The number of rotatable bonds is 9. The van der Waals surface area contributed by atoms with E-state index in [4.69, 9.17) is 19.4 Å². The lowest BCUT2D eigenvalue weighted by Gasteiger charge is -2.54. The van der Waals surface area contributed by atoms with Crippen LogP contribution in [0, 0.1) is 12.3 Å². The van der Waals surface area contributed by atoms with Gasteiger partial charge in [-0.3, -0.25) is 14.8 Å². The van der Waals surface area contributed by atoms with Crippen molar-refractivity contribution in [3.63, 3.8) is 0 Å². The molecule has 4 aromatic rings. The summed E-state index contributed by atoms with van der Waals surface area (Å²) < 4.78 is 12.6. The average molecular weight is 691 g/mol. The third kappa shape index (κ3) is 5.21. The van der Waals surface area contributed by atoms with Crippen molar-refractivity contribution in [1.29, 1.82) is 0 Å². The Labute approximate surface area is 300 Å². The molecule has 5 aliphatic rings. The molecule has 4 saturated heterocycles. The molecule has 1 unspecified atom stereocenters. The number of aryl methyl sites for hydroxylation is 1. The van der Waals surface area contributed by atoms with Crippen LogP contribution >= 0.6 is 0 Å². The summed E-state index contributed by atoms with van der Waals surface area (Å²) >= 11 is 0. The molecule has 5 fully saturated rings. The second-order valence-electron chi connectivity index (χ2n) is 15.8. The van der Waals surface area contributed by atoms with Crippen LogP contribution in [0.15, 0.2) is 37.1 Å². The van der Waals surface area contributed by atoms with E-state index < -0.39 is 0 Å². The molecule has 1 atom stereocenters. The van der Waals surface area contributed by atoms with Crippen molar-refractivity contribution < 1.29 is 14.3 Å². The number of amides is 1. The topological polar surface area (TPSA) is 103 Å². The van der Waals surface area contributed by atoms with Gasteiger partial charge in [0.15, 0.2) is 5.75 Å². The minimum absolute atomic E-state index is 0.0377. The van der Waals surface area contributed by atoms with Crippen molar-refractivity contribution in [2.24, 2.45) is 5.41 Å². The van der Waals surface area contributed by atoms with Crippen molar-refractivity contribution in [3.8, 4) is 16.9 Å². The number of hydrogen-bond donors (Lipinski definition) is 1. The second kappa shape index (κ2) is 12.2. The molecule has 51 heavy (non-hydrogen) atoms. The highest BCUT2D eigenvalue weighted by Gasteiger charge is 2.54. The van der Waals surface area contributed by atoms with Crippen molar-refractivity contribution in [2.45, 2.75) is 70.4 Å². The number of likely N-dealkylation sites (tertiary alicyclic amines) is 2. The van der Waals surface area contributed by atoms with Crippen LogP contribution in [-0.2, 0) is 9.53 Å². The largest absolute Gasteiger partial charge is 0.491 e. The maximum absolute atomic E-state index is 12.3. The lowest BCUT2D eigenvalue weighted by Crippen LogP contribution is -2.68. The van der Waals surface area contributed by atoms with Crippen molar-refractivity contribution >= 4 is 39.5 Å². The number of H-pyrrole nitrogens is 1. The van der Waals surface area contributed by atoms with Crippen molar-refractivity contribution in [3.05, 3.63) is 48.2 Å². The number of likely N-dealkylation sites (N-methyl/N-ethyl adjacent to an activating group) is 1. The first kappa shape index (κ1) is 32.7. The van der Waals surface area contributed by atoms with Crippen LogP contribution in [0.3, 0.4) is 0 Å². The van der Waals surface area contributed by atoms with Gasteiger partial charge in [-0.1, -0.05) is 19.6 Å². The Morgan fingerprint density at radius 1 is 1.06 bits per heavy atom. The van der Waals surface area contributed by atoms with Crippen molar-refractivity contribution in [2.75, 3.05) is 75.9 Å². The number of nitrogens with zero attached hydrogens (tertiary/aromatic N) is 7. The highest BCUT2D eigenvalue weighted by Crippen LogP contribution is 2.53. The standard InChI is InChI=1S/C40H50N8O3/c1-6-32(49)46-21-39(22-46)13-15-45(16-14-39)37-29-17-28(26-10-11-26)34(33-25(4)9-12-31-30(33)19-41-44-31)36(51-8-3)35(29)42-38(43-37)47-23-40(24-47)18-27(50-5)20-48(40)7-2/h6,9,12,17,19,26-27H,1,7-8,10-11,13-16,18,20-24H2,2-5H3,(H,41,44). The molecule has 1 saturated carbocycles. The van der Waals surface area contributed by atoms with Gasteiger partial charge in [0.25, 0.3) is 0 Å². The van der Waals surface area contributed by atoms with Crippen LogP contribution in [0.4, 0.5) is 11.8 Å². The average Bonchev–Trinajstić information content (AvgIpc) is 3.72. The number of benzene rings is 2. The fourth-order valence-corrected chi connectivity index (χ4v) is 9.70. The third-order valence-electron chi connectivity index (χ3n) is 12.7. The molecule has 6 heterocycles. The zero-order valence-corrected chi connectivity index (χ0v) is 30.5. The fraction of sp³-hybridized carbons (Fsp3) is 0.550. The minimum Gasteiger partial charge on any atom is -0.491 e. The first-order valence-corrected chi connectivity index (χ1v) is 18.9. The van der Waals surface area contributed by atoms with Gasteiger partial charge in [0.1, 0.15) is 11.3 Å². The van der Waals surface area contributed by atoms with E-state index in [1.165, 1.54) is 22.8 Å². The van der Waals surface area contributed by atoms with Crippen LogP contribution in [0.25, 0.3) is 32.9 Å². The van der Waals surface area contributed by atoms with Gasteiger partial charge < -0.3 is 24.2 Å². The third-order valence-corrected chi connectivity index (χ3v) is 12.7. The molecule has 1 aliphatic carbocycles. The Balaban J connectivity index is 1.18. The Morgan fingerprint density at radius 3 is 2.53 bits per heavy atom. The maximum atomic E-state index is 12.3. The van der Waals surface area contributed by atoms with E-state index in [-0.39, 0.29) is 23.0 Å². The summed E-state index contributed by atoms with van der Waals surface area (Å²) in [5.41, 5.74) is 7.03. The molecule has 1 amide bonds. The van der Waals surface area contributed by atoms with Crippen LogP contribution in [-0.4, -0.2) is 114 Å². The molecule has 2 spiro atoms. The van der Waals surface area contributed by atoms with Gasteiger partial charge in [0.2, 0.25) is 11.9 Å². The summed E-state index contributed by atoms with van der Waals surface area (Å²) in [4.78, 5) is 32.6. The number of hydrogen-bond acceptors (Lipinski definition) is 9. The molecule has 11 nitrogen and oxygen atoms in total. The number of aromatic nitrogens is 4. The molecule has 4 aliphatic heterocycles. The number of aromatic amines is 1. The van der Waals surface area contributed by atoms with Gasteiger partial charge in [-0.25, -0.2) is 4.98 Å². The summed E-state index contributed by atoms with van der Waals surface area (Å²) in [6.07, 6.45) is 9.06. The SMILES string of the molecule is C=CC(=O)N1CC2(CCN(c3nc(N4CC5(CC(OC)CN5CC)C4)nc4c(OCC)c(-c5c(C)ccc6[nH]ncc56)c(C5CC5)cc34)CC2)C1. The molecule has 0 bridgehead atoms. The van der Waals surface area contributed by atoms with E-state index in [0.29, 0.717) is 12.5 Å². The molecule has 2 aromatic carbocycles. The molecule has 0 radical (unpaired) electrons. The van der Waals surface area contributed by atoms with E-state index in [2.05, 4.69) is 70.4 Å². The molecule has 2 aromatic heterocycles. The zero-order valence-electron chi connectivity index (χ0n) is 30.5. The molecule has 11 heteroatoms. The summed E-state index contributed by atoms with van der Waals surface area (Å²) in [7, 11) is 1.84. The van der Waals surface area contributed by atoms with Gasteiger partial charge in [0, 0.05) is 74.7 Å². The predicted octanol–water partition coefficient (Wildman–Crippen LogP) is 5.67. The number of anilines is 2. The zero-order chi connectivity index (χ0) is 35.1. The quantitative estimate of drug-likeness (QED) is 0.223. The highest BCUT2D eigenvalue weighted by molar-refractivity contribution is 6.06. The number of ether oxygens (including phenoxy) is 2. The molecular formula is C40H50N8O3. The smallest absolute Gasteiger partial charge is 0.245 e. The van der Waals surface area contributed by atoms with Crippen molar-refractivity contribution in [1.82, 2.24) is 30.0 Å². The summed E-state index contributed by atoms with van der Waals surface area (Å²) in [5.74, 6) is 3.14. The Morgan fingerprint density at radius 2 is 1.84 bits per heavy atom. The summed E-state index contributed by atoms with van der Waals surface area (Å²) in [6, 6.07) is 6.70. The number of nitrogens with one attached hydrogen (secondary N) is 1. The fourth-order valence-electron chi connectivity index (χ4n) is 9.70. The monoisotopic (exact) mass is 690 g/mol. The van der Waals surface area contributed by atoms with Crippen LogP contribution < -0.4 is 14.5 Å². The van der Waals surface area contributed by atoms with Gasteiger partial charge in [-0.05, 0) is 93.3 Å². The lowest BCUT2D eigenvalue weighted by molar-refractivity contribution is -0.139. The number of carbonyl (C=O) groups excluding carboxylic acids is 1. The Kier molecular flexibility index (Phi) is 7.81. The van der Waals surface area contributed by atoms with Crippen LogP contribution in [0.2, 0.25) is 0 Å². The normalized spacial score (nSPS) is 22.6. The number of piperidine rings is 1. The molecule has 1 N–H and O–H groups in total. The molecular weight excluding hydrogens is 640 g/mol.